The van der Waals surface area contributed by atoms with Crippen LogP contribution in [0.2, 0.25) is 0 Å². The number of aryl methyl sites for hydroxylation is 1. The van der Waals surface area contributed by atoms with Crippen LogP contribution in [-0.4, -0.2) is 24.6 Å². The van der Waals surface area contributed by atoms with Crippen molar-refractivity contribution in [3.05, 3.63) is 47.5 Å². The minimum atomic E-state index is -0.276. The molecule has 3 rings (SSSR count). The molecular weight excluding hydrogens is 328 g/mol. The molecule has 0 saturated carbocycles. The molecule has 124 valence electrons. The maximum absolute atomic E-state index is 11.9. The van der Waals surface area contributed by atoms with Crippen molar-refractivity contribution in [2.75, 3.05) is 19.0 Å². The Bertz CT molecular complexity index is 823. The van der Waals surface area contributed by atoms with E-state index in [4.69, 9.17) is 13.9 Å². The fourth-order valence-electron chi connectivity index (χ4n) is 1.99. The van der Waals surface area contributed by atoms with Gasteiger partial charge in [0.05, 0.1) is 7.11 Å². The summed E-state index contributed by atoms with van der Waals surface area (Å²) in [5.74, 6) is 2.55. The summed E-state index contributed by atoms with van der Waals surface area (Å²) in [5.41, 5.74) is 0.694. The number of hydrogen-bond donors (Lipinski definition) is 1. The summed E-state index contributed by atoms with van der Waals surface area (Å²) in [4.78, 5) is 16.3. The second-order valence-electron chi connectivity index (χ2n) is 4.96. The third kappa shape index (κ3) is 3.94. The standard InChI is InChI=1S/C17H16N2O4S/c1-11-3-8-15(23-11)14-10-24-17(18-14)19-16(20)9-22-13-6-4-12(21-2)5-7-13/h3-8,10H,9H2,1-2H3,(H,18,19,20). The van der Waals surface area contributed by atoms with Gasteiger partial charge in [-0.3, -0.25) is 10.1 Å². The van der Waals surface area contributed by atoms with Gasteiger partial charge in [0.15, 0.2) is 17.5 Å². The summed E-state index contributed by atoms with van der Waals surface area (Å²) in [7, 11) is 1.59. The summed E-state index contributed by atoms with van der Waals surface area (Å²) in [5, 5.41) is 5.04. The van der Waals surface area contributed by atoms with E-state index in [0.29, 0.717) is 22.3 Å². The van der Waals surface area contributed by atoms with Crippen molar-refractivity contribution < 1.29 is 18.7 Å². The van der Waals surface area contributed by atoms with Gasteiger partial charge in [0.2, 0.25) is 0 Å². The van der Waals surface area contributed by atoms with E-state index in [0.717, 1.165) is 11.5 Å². The normalized spacial score (nSPS) is 10.4. The van der Waals surface area contributed by atoms with Gasteiger partial charge in [-0.15, -0.1) is 11.3 Å². The number of carbonyl (C=O) groups excluding carboxylic acids is 1. The number of rotatable bonds is 6. The van der Waals surface area contributed by atoms with E-state index in [9.17, 15) is 4.79 Å². The average molecular weight is 344 g/mol. The average Bonchev–Trinajstić information content (AvgIpc) is 3.22. The molecule has 0 unspecified atom stereocenters. The number of methoxy groups -OCH3 is 1. The van der Waals surface area contributed by atoms with Crippen molar-refractivity contribution >= 4 is 22.4 Å². The highest BCUT2D eigenvalue weighted by molar-refractivity contribution is 7.14. The Morgan fingerprint density at radius 3 is 2.62 bits per heavy atom. The molecule has 0 radical (unpaired) electrons. The molecule has 0 bridgehead atoms. The first kappa shape index (κ1) is 16.1. The molecule has 0 saturated heterocycles. The van der Waals surface area contributed by atoms with Gasteiger partial charge in [-0.05, 0) is 43.3 Å². The quantitative estimate of drug-likeness (QED) is 0.737. The first-order valence-electron chi connectivity index (χ1n) is 7.23. The van der Waals surface area contributed by atoms with Crippen molar-refractivity contribution in [3.8, 4) is 23.0 Å². The number of carbonyl (C=O) groups is 1. The lowest BCUT2D eigenvalue weighted by atomic mass is 10.3. The predicted molar refractivity (Wildman–Crippen MR) is 91.7 cm³/mol. The van der Waals surface area contributed by atoms with Crippen molar-refractivity contribution in [3.63, 3.8) is 0 Å². The van der Waals surface area contributed by atoms with Gasteiger partial charge in [0.25, 0.3) is 5.91 Å². The molecule has 6 nitrogen and oxygen atoms in total. The zero-order valence-corrected chi connectivity index (χ0v) is 14.1. The Balaban J connectivity index is 1.54. The van der Waals surface area contributed by atoms with Crippen LogP contribution < -0.4 is 14.8 Å². The number of benzene rings is 1. The number of thiazole rings is 1. The Labute approximate surface area is 143 Å². The SMILES string of the molecule is COc1ccc(OCC(=O)Nc2nc(-c3ccc(C)o3)cs2)cc1. The fourth-order valence-corrected chi connectivity index (χ4v) is 2.71. The number of amides is 1. The summed E-state index contributed by atoms with van der Waals surface area (Å²) in [6.45, 7) is 1.77. The van der Waals surface area contributed by atoms with Crippen molar-refractivity contribution in [1.82, 2.24) is 4.98 Å². The molecule has 1 N–H and O–H groups in total. The Morgan fingerprint density at radius 1 is 1.21 bits per heavy atom. The fraction of sp³-hybridized carbons (Fsp3) is 0.176. The third-order valence-electron chi connectivity index (χ3n) is 3.17. The second-order valence-corrected chi connectivity index (χ2v) is 5.82. The van der Waals surface area contributed by atoms with Crippen LogP contribution in [0, 0.1) is 6.92 Å². The monoisotopic (exact) mass is 344 g/mol. The zero-order valence-electron chi connectivity index (χ0n) is 13.2. The predicted octanol–water partition coefficient (Wildman–Crippen LogP) is 3.74. The summed E-state index contributed by atoms with van der Waals surface area (Å²) < 4.78 is 16.0. The topological polar surface area (TPSA) is 73.6 Å². The van der Waals surface area contributed by atoms with Crippen LogP contribution in [0.4, 0.5) is 5.13 Å². The number of furan rings is 1. The molecule has 0 fully saturated rings. The van der Waals surface area contributed by atoms with Gasteiger partial charge in [-0.2, -0.15) is 0 Å². The number of hydrogen-bond acceptors (Lipinski definition) is 6. The van der Waals surface area contributed by atoms with Gasteiger partial charge in [-0.1, -0.05) is 0 Å². The molecule has 24 heavy (non-hydrogen) atoms. The minimum Gasteiger partial charge on any atom is -0.497 e. The highest BCUT2D eigenvalue weighted by Crippen LogP contribution is 2.26. The summed E-state index contributed by atoms with van der Waals surface area (Å²) in [6.07, 6.45) is 0. The molecular formula is C17H16N2O4S. The van der Waals surface area contributed by atoms with Gasteiger partial charge >= 0.3 is 0 Å². The first-order chi connectivity index (χ1) is 11.6. The van der Waals surface area contributed by atoms with Crippen LogP contribution >= 0.6 is 11.3 Å². The third-order valence-corrected chi connectivity index (χ3v) is 3.93. The number of aromatic nitrogens is 1. The maximum atomic E-state index is 11.9. The van der Waals surface area contributed by atoms with E-state index in [-0.39, 0.29) is 12.5 Å². The lowest BCUT2D eigenvalue weighted by Crippen LogP contribution is -2.20. The highest BCUT2D eigenvalue weighted by atomic mass is 32.1. The number of nitrogens with zero attached hydrogens (tertiary/aromatic N) is 1. The van der Waals surface area contributed by atoms with Crippen LogP contribution in [0.3, 0.4) is 0 Å². The lowest BCUT2D eigenvalue weighted by Gasteiger charge is -2.06. The molecule has 0 aliphatic carbocycles. The van der Waals surface area contributed by atoms with Crippen molar-refractivity contribution in [2.24, 2.45) is 0 Å². The molecule has 7 heteroatoms. The number of anilines is 1. The van der Waals surface area contributed by atoms with Crippen LogP contribution in [0.15, 0.2) is 46.2 Å². The Kier molecular flexibility index (Phi) is 4.81. The minimum absolute atomic E-state index is 0.0961. The second kappa shape index (κ2) is 7.18. The van der Waals surface area contributed by atoms with E-state index in [2.05, 4.69) is 10.3 Å². The van der Waals surface area contributed by atoms with E-state index in [1.54, 1.807) is 31.4 Å². The molecule has 0 atom stereocenters. The molecule has 1 amide bonds. The van der Waals surface area contributed by atoms with E-state index >= 15 is 0 Å². The van der Waals surface area contributed by atoms with Gasteiger partial charge in [-0.25, -0.2) is 4.98 Å². The van der Waals surface area contributed by atoms with E-state index in [1.807, 2.05) is 24.4 Å². The van der Waals surface area contributed by atoms with Crippen LogP contribution in [0.5, 0.6) is 11.5 Å². The molecule has 2 heterocycles. The van der Waals surface area contributed by atoms with Crippen molar-refractivity contribution in [2.45, 2.75) is 6.92 Å². The Morgan fingerprint density at radius 2 is 1.96 bits per heavy atom. The molecule has 3 aromatic rings. The van der Waals surface area contributed by atoms with Crippen LogP contribution in [0.25, 0.3) is 11.5 Å². The van der Waals surface area contributed by atoms with Crippen molar-refractivity contribution in [1.29, 1.82) is 0 Å². The largest absolute Gasteiger partial charge is 0.497 e. The molecule has 0 spiro atoms. The zero-order chi connectivity index (χ0) is 16.9. The molecule has 0 aliphatic heterocycles. The van der Waals surface area contributed by atoms with E-state index in [1.165, 1.54) is 11.3 Å². The van der Waals surface area contributed by atoms with Gasteiger partial charge < -0.3 is 13.9 Å². The highest BCUT2D eigenvalue weighted by Gasteiger charge is 2.11. The van der Waals surface area contributed by atoms with E-state index < -0.39 is 0 Å². The van der Waals surface area contributed by atoms with Gasteiger partial charge in [0.1, 0.15) is 23.0 Å². The first-order valence-corrected chi connectivity index (χ1v) is 8.11. The lowest BCUT2D eigenvalue weighted by molar-refractivity contribution is -0.118. The number of ether oxygens (including phenoxy) is 2. The molecule has 2 aromatic heterocycles. The van der Waals surface area contributed by atoms with Crippen LogP contribution in [0.1, 0.15) is 5.76 Å². The summed E-state index contributed by atoms with van der Waals surface area (Å²) >= 11 is 1.33. The molecule has 0 aliphatic rings. The summed E-state index contributed by atoms with van der Waals surface area (Å²) in [6, 6.07) is 10.7. The van der Waals surface area contributed by atoms with Gasteiger partial charge in [0, 0.05) is 5.38 Å². The Hall–Kier alpha value is -2.80. The smallest absolute Gasteiger partial charge is 0.264 e. The number of nitrogens with one attached hydrogen (secondary N) is 1. The maximum Gasteiger partial charge on any atom is 0.264 e. The molecule has 1 aromatic carbocycles. The van der Waals surface area contributed by atoms with Crippen LogP contribution in [-0.2, 0) is 4.79 Å².